The molecule has 0 aliphatic rings. The molecule has 3 N–H and O–H groups in total. The summed E-state index contributed by atoms with van der Waals surface area (Å²) in [4.78, 5) is 0. The third-order valence-electron chi connectivity index (χ3n) is 4.45. The second-order valence-electron chi connectivity index (χ2n) is 7.10. The van der Waals surface area contributed by atoms with Crippen LogP contribution in [0.25, 0.3) is 0 Å². The summed E-state index contributed by atoms with van der Waals surface area (Å²) < 4.78 is 0. The lowest BCUT2D eigenvalue weighted by Crippen LogP contribution is -2.29. The minimum absolute atomic E-state index is 0.0623. The predicted octanol–water partition coefficient (Wildman–Crippen LogP) is 6.66. The molecule has 2 nitrogen and oxygen atoms in total. The number of hydrogen-bond acceptors (Lipinski definition) is 2. The third kappa shape index (κ3) is 21.5. The fraction of sp³-hybridized carbons (Fsp3) is 0.905. The summed E-state index contributed by atoms with van der Waals surface area (Å²) in [6.07, 6.45) is 26.9. The molecular formula is C21H44N2. The largest absolute Gasteiger partial charge is 0.376 e. The van der Waals surface area contributed by atoms with E-state index in [1.54, 1.807) is 0 Å². The Labute approximate surface area is 146 Å². The Morgan fingerprint density at radius 2 is 1.09 bits per heavy atom. The van der Waals surface area contributed by atoms with E-state index < -0.39 is 0 Å². The molecule has 1 unspecified atom stereocenters. The molecule has 0 rings (SSSR count). The molecule has 0 saturated carbocycles. The van der Waals surface area contributed by atoms with E-state index >= 15 is 0 Å². The standard InChI is InChI=1S/C21H44N2/c1-3-4-5-6-7-8-9-10-11-12-13-14-15-16-17-18-19-20-23-21(2)22/h19-21,23H,3-18,22H2,1-2H3. The van der Waals surface area contributed by atoms with Crippen molar-refractivity contribution in [2.24, 2.45) is 5.73 Å². The fourth-order valence-corrected chi connectivity index (χ4v) is 2.94. The highest BCUT2D eigenvalue weighted by atomic mass is 15.0. The first-order valence-corrected chi connectivity index (χ1v) is 10.4. The van der Waals surface area contributed by atoms with Gasteiger partial charge in [-0.05, 0) is 26.0 Å². The summed E-state index contributed by atoms with van der Waals surface area (Å²) in [6, 6.07) is 0. The van der Waals surface area contributed by atoms with Gasteiger partial charge < -0.3 is 11.1 Å². The zero-order valence-electron chi connectivity index (χ0n) is 16.1. The monoisotopic (exact) mass is 324 g/mol. The predicted molar refractivity (Wildman–Crippen MR) is 105 cm³/mol. The number of nitrogens with one attached hydrogen (secondary N) is 1. The van der Waals surface area contributed by atoms with Gasteiger partial charge in [-0.25, -0.2) is 0 Å². The van der Waals surface area contributed by atoms with Crippen LogP contribution in [0.3, 0.4) is 0 Å². The van der Waals surface area contributed by atoms with Crippen molar-refractivity contribution in [2.45, 2.75) is 123 Å². The Bertz CT molecular complexity index is 236. The third-order valence-corrected chi connectivity index (χ3v) is 4.45. The highest BCUT2D eigenvalue weighted by Crippen LogP contribution is 2.13. The van der Waals surface area contributed by atoms with Crippen LogP contribution in [0.4, 0.5) is 0 Å². The Balaban J connectivity index is 3.01. The number of allylic oxidation sites excluding steroid dienone is 1. The van der Waals surface area contributed by atoms with Gasteiger partial charge in [-0.3, -0.25) is 0 Å². The average Bonchev–Trinajstić information content (AvgIpc) is 2.53. The molecule has 0 saturated heterocycles. The molecule has 0 aliphatic heterocycles. The highest BCUT2D eigenvalue weighted by Gasteiger charge is 1.94. The van der Waals surface area contributed by atoms with Crippen LogP contribution in [0.1, 0.15) is 117 Å². The van der Waals surface area contributed by atoms with Crippen LogP contribution in [0.15, 0.2) is 12.3 Å². The van der Waals surface area contributed by atoms with Gasteiger partial charge in [-0.2, -0.15) is 0 Å². The summed E-state index contributed by atoms with van der Waals surface area (Å²) >= 11 is 0. The molecule has 0 spiro atoms. The molecular weight excluding hydrogens is 280 g/mol. The summed E-state index contributed by atoms with van der Waals surface area (Å²) in [5, 5.41) is 3.09. The van der Waals surface area contributed by atoms with E-state index in [1.165, 1.54) is 103 Å². The van der Waals surface area contributed by atoms with Crippen molar-refractivity contribution < 1.29 is 0 Å². The smallest absolute Gasteiger partial charge is 0.0709 e. The summed E-state index contributed by atoms with van der Waals surface area (Å²) in [6.45, 7) is 4.25. The molecule has 0 heterocycles. The van der Waals surface area contributed by atoms with Crippen LogP contribution in [0.5, 0.6) is 0 Å². The summed E-state index contributed by atoms with van der Waals surface area (Å²) in [5.74, 6) is 0. The first-order chi connectivity index (χ1) is 11.3. The van der Waals surface area contributed by atoms with E-state index in [4.69, 9.17) is 5.73 Å². The highest BCUT2D eigenvalue weighted by molar-refractivity contribution is 4.80. The number of unbranched alkanes of at least 4 members (excludes halogenated alkanes) is 15. The van der Waals surface area contributed by atoms with Crippen molar-refractivity contribution >= 4 is 0 Å². The minimum atomic E-state index is 0.0623. The number of hydrogen-bond donors (Lipinski definition) is 2. The van der Waals surface area contributed by atoms with Crippen molar-refractivity contribution in [1.82, 2.24) is 5.32 Å². The molecule has 0 amide bonds. The summed E-state index contributed by atoms with van der Waals surface area (Å²) in [7, 11) is 0. The van der Waals surface area contributed by atoms with Crippen molar-refractivity contribution in [3.05, 3.63) is 12.3 Å². The lowest BCUT2D eigenvalue weighted by Gasteiger charge is -2.04. The molecule has 23 heavy (non-hydrogen) atoms. The fourth-order valence-electron chi connectivity index (χ4n) is 2.94. The summed E-state index contributed by atoms with van der Waals surface area (Å²) in [5.41, 5.74) is 5.60. The first-order valence-electron chi connectivity index (χ1n) is 10.4. The van der Waals surface area contributed by atoms with Gasteiger partial charge in [0.1, 0.15) is 0 Å². The van der Waals surface area contributed by atoms with Gasteiger partial charge in [-0.15, -0.1) is 0 Å². The van der Waals surface area contributed by atoms with Gasteiger partial charge in [0.15, 0.2) is 0 Å². The molecule has 0 bridgehead atoms. The second-order valence-corrected chi connectivity index (χ2v) is 7.10. The molecule has 138 valence electrons. The van der Waals surface area contributed by atoms with Crippen molar-refractivity contribution in [3.63, 3.8) is 0 Å². The maximum atomic E-state index is 5.60. The van der Waals surface area contributed by atoms with Crippen molar-refractivity contribution in [3.8, 4) is 0 Å². The van der Waals surface area contributed by atoms with E-state index in [9.17, 15) is 0 Å². The SMILES string of the molecule is CCCCCCCCCCCCCCCCCC=CNC(C)N. The molecule has 2 heteroatoms. The van der Waals surface area contributed by atoms with Gasteiger partial charge in [0.05, 0.1) is 6.17 Å². The van der Waals surface area contributed by atoms with Crippen LogP contribution in [0.2, 0.25) is 0 Å². The lowest BCUT2D eigenvalue weighted by molar-refractivity contribution is 0.532. The number of nitrogens with two attached hydrogens (primary N) is 1. The molecule has 0 aromatic rings. The Morgan fingerprint density at radius 1 is 0.696 bits per heavy atom. The Morgan fingerprint density at radius 3 is 1.48 bits per heavy atom. The number of rotatable bonds is 18. The zero-order chi connectivity index (χ0) is 17.0. The Hall–Kier alpha value is -0.500. The minimum Gasteiger partial charge on any atom is -0.376 e. The van der Waals surface area contributed by atoms with E-state index in [0.717, 1.165) is 0 Å². The molecule has 0 aliphatic carbocycles. The second kappa shape index (κ2) is 19.5. The zero-order valence-corrected chi connectivity index (χ0v) is 16.1. The van der Waals surface area contributed by atoms with Crippen LogP contribution in [-0.4, -0.2) is 6.17 Å². The molecule has 0 radical (unpaired) electrons. The van der Waals surface area contributed by atoms with E-state index in [1.807, 2.05) is 13.1 Å². The van der Waals surface area contributed by atoms with Gasteiger partial charge >= 0.3 is 0 Å². The quantitative estimate of drug-likeness (QED) is 0.219. The van der Waals surface area contributed by atoms with Crippen LogP contribution >= 0.6 is 0 Å². The molecule has 0 fully saturated rings. The van der Waals surface area contributed by atoms with Crippen LogP contribution in [0, 0.1) is 0 Å². The topological polar surface area (TPSA) is 38.0 Å². The molecule has 0 aromatic heterocycles. The van der Waals surface area contributed by atoms with E-state index in [2.05, 4.69) is 18.3 Å². The normalized spacial score (nSPS) is 12.8. The lowest BCUT2D eigenvalue weighted by atomic mass is 10.0. The van der Waals surface area contributed by atoms with Gasteiger partial charge in [0, 0.05) is 0 Å². The maximum absolute atomic E-state index is 5.60. The maximum Gasteiger partial charge on any atom is 0.0709 e. The Kier molecular flexibility index (Phi) is 19.1. The van der Waals surface area contributed by atoms with Gasteiger partial charge in [0.2, 0.25) is 0 Å². The molecule has 0 aromatic carbocycles. The van der Waals surface area contributed by atoms with E-state index in [0.29, 0.717) is 0 Å². The average molecular weight is 325 g/mol. The van der Waals surface area contributed by atoms with Gasteiger partial charge in [-0.1, -0.05) is 103 Å². The van der Waals surface area contributed by atoms with Crippen LogP contribution in [-0.2, 0) is 0 Å². The van der Waals surface area contributed by atoms with Crippen LogP contribution < -0.4 is 11.1 Å². The molecule has 1 atom stereocenters. The first kappa shape index (κ1) is 22.5. The van der Waals surface area contributed by atoms with Crippen molar-refractivity contribution in [1.29, 1.82) is 0 Å². The van der Waals surface area contributed by atoms with Crippen molar-refractivity contribution in [2.75, 3.05) is 0 Å². The van der Waals surface area contributed by atoms with E-state index in [-0.39, 0.29) is 6.17 Å². The van der Waals surface area contributed by atoms with Gasteiger partial charge in [0.25, 0.3) is 0 Å².